The van der Waals surface area contributed by atoms with Crippen molar-refractivity contribution in [2.75, 3.05) is 51.3 Å². The molecule has 6 rings (SSSR count). The Hall–Kier alpha value is -3.34. The van der Waals surface area contributed by atoms with Gasteiger partial charge >= 0.3 is 12.1 Å². The van der Waals surface area contributed by atoms with E-state index < -0.39 is 40.6 Å². The summed E-state index contributed by atoms with van der Waals surface area (Å²) in [5, 5.41) is 9.76. The molecule has 4 fully saturated rings. The molecule has 1 saturated carbocycles. The third-order valence-corrected chi connectivity index (χ3v) is 12.5. The predicted molar refractivity (Wildman–Crippen MR) is 184 cm³/mol. The van der Waals surface area contributed by atoms with Crippen LogP contribution in [0.5, 0.6) is 5.75 Å². The van der Waals surface area contributed by atoms with Gasteiger partial charge in [0.05, 0.1) is 18.1 Å². The Balaban J connectivity index is 1.30. The lowest BCUT2D eigenvalue weighted by molar-refractivity contribution is -0.149. The van der Waals surface area contributed by atoms with Crippen LogP contribution in [0.3, 0.4) is 0 Å². The lowest BCUT2D eigenvalue weighted by Crippen LogP contribution is -2.50. The molecule has 7 nitrogen and oxygen atoms in total. The molecule has 0 radical (unpaired) electrons. The van der Waals surface area contributed by atoms with E-state index in [0.29, 0.717) is 68.4 Å². The Morgan fingerprint density at radius 2 is 1.64 bits per heavy atom. The SMILES string of the molecule is CC[C@H]1CN(C(=O)[C@]2(F)CN(C3CCC(C)CC3)C[C@H]2c2ccc(OC)cc2)C[C@@H]1c1ccc(C(F)(F)F)cc1N1CCC(C)(C(=O)O)CC1. The minimum Gasteiger partial charge on any atom is -0.497 e. The number of ether oxygens (including phenoxy) is 1. The summed E-state index contributed by atoms with van der Waals surface area (Å²) in [7, 11) is 1.58. The molecule has 2 aromatic carbocycles. The summed E-state index contributed by atoms with van der Waals surface area (Å²) < 4.78 is 65.1. The van der Waals surface area contributed by atoms with Gasteiger partial charge < -0.3 is 19.6 Å². The van der Waals surface area contributed by atoms with E-state index in [1.54, 1.807) is 31.1 Å². The normalized spacial score (nSPS) is 30.4. The largest absolute Gasteiger partial charge is 0.497 e. The highest BCUT2D eigenvalue weighted by molar-refractivity contribution is 5.88. The van der Waals surface area contributed by atoms with Gasteiger partial charge in [-0.05, 0) is 92.7 Å². The van der Waals surface area contributed by atoms with Crippen LogP contribution >= 0.6 is 0 Å². The second kappa shape index (κ2) is 14.0. The molecule has 3 saturated heterocycles. The van der Waals surface area contributed by atoms with Gasteiger partial charge in [0.15, 0.2) is 0 Å². The Kier molecular flexibility index (Phi) is 10.2. The number of amides is 1. The molecule has 0 unspecified atom stereocenters. The Bertz CT molecular complexity index is 1530. The average molecular weight is 702 g/mol. The zero-order valence-corrected chi connectivity index (χ0v) is 29.6. The van der Waals surface area contributed by atoms with E-state index in [1.807, 2.05) is 24.0 Å². The molecular formula is C39H51F4N3O4. The highest BCUT2D eigenvalue weighted by Crippen LogP contribution is 2.48. The van der Waals surface area contributed by atoms with Gasteiger partial charge in [0.1, 0.15) is 5.75 Å². The fraction of sp³-hybridized carbons (Fsp3) is 0.641. The number of anilines is 1. The van der Waals surface area contributed by atoms with Crippen molar-refractivity contribution in [2.24, 2.45) is 17.3 Å². The number of halogens is 4. The van der Waals surface area contributed by atoms with Gasteiger partial charge in [-0.2, -0.15) is 13.2 Å². The number of carbonyl (C=O) groups is 2. The number of aliphatic carboxylic acids is 1. The molecule has 50 heavy (non-hydrogen) atoms. The first-order valence-corrected chi connectivity index (χ1v) is 18.2. The molecule has 274 valence electrons. The highest BCUT2D eigenvalue weighted by atomic mass is 19.4. The summed E-state index contributed by atoms with van der Waals surface area (Å²) in [4.78, 5) is 32.2. The third kappa shape index (κ3) is 6.95. The summed E-state index contributed by atoms with van der Waals surface area (Å²) in [5.41, 5.74) is -2.00. The lowest BCUT2D eigenvalue weighted by atomic mass is 9.79. The van der Waals surface area contributed by atoms with Crippen molar-refractivity contribution in [1.29, 1.82) is 0 Å². The molecule has 1 aliphatic carbocycles. The molecule has 3 aliphatic heterocycles. The number of carboxylic acids is 1. The fourth-order valence-corrected chi connectivity index (χ4v) is 8.99. The number of alkyl halides is 4. The van der Waals surface area contributed by atoms with Gasteiger partial charge in [-0.1, -0.05) is 38.5 Å². The second-order valence-corrected chi connectivity index (χ2v) is 15.6. The Labute approximate surface area is 292 Å². The van der Waals surface area contributed by atoms with Gasteiger partial charge in [0.25, 0.3) is 5.91 Å². The van der Waals surface area contributed by atoms with Crippen LogP contribution in [0, 0.1) is 17.3 Å². The van der Waals surface area contributed by atoms with Crippen LogP contribution in [-0.2, 0) is 15.8 Å². The van der Waals surface area contributed by atoms with Crippen LogP contribution in [0.2, 0.25) is 0 Å². The number of benzene rings is 2. The minimum absolute atomic E-state index is 0.0151. The van der Waals surface area contributed by atoms with Gasteiger partial charge in [-0.3, -0.25) is 14.5 Å². The molecule has 1 amide bonds. The smallest absolute Gasteiger partial charge is 0.416 e. The highest BCUT2D eigenvalue weighted by Gasteiger charge is 2.57. The summed E-state index contributed by atoms with van der Waals surface area (Å²) in [6, 6.07) is 11.3. The van der Waals surface area contributed by atoms with Crippen molar-refractivity contribution in [2.45, 2.75) is 95.4 Å². The number of rotatable bonds is 8. The monoisotopic (exact) mass is 701 g/mol. The van der Waals surface area contributed by atoms with Crippen LogP contribution < -0.4 is 9.64 Å². The molecule has 11 heteroatoms. The van der Waals surface area contributed by atoms with Gasteiger partial charge in [0, 0.05) is 62.8 Å². The summed E-state index contributed by atoms with van der Waals surface area (Å²) in [5.74, 6) is -1.21. The molecule has 3 heterocycles. The van der Waals surface area contributed by atoms with E-state index in [4.69, 9.17) is 4.74 Å². The summed E-state index contributed by atoms with van der Waals surface area (Å²) >= 11 is 0. The van der Waals surface area contributed by atoms with E-state index in [1.165, 1.54) is 12.1 Å². The van der Waals surface area contributed by atoms with Crippen LogP contribution in [-0.4, -0.2) is 84.9 Å². The van der Waals surface area contributed by atoms with Crippen molar-refractivity contribution >= 4 is 17.6 Å². The van der Waals surface area contributed by atoms with E-state index >= 15 is 4.39 Å². The fourth-order valence-electron chi connectivity index (χ4n) is 8.99. The zero-order valence-electron chi connectivity index (χ0n) is 29.6. The first-order valence-electron chi connectivity index (χ1n) is 18.2. The van der Waals surface area contributed by atoms with E-state index in [9.17, 15) is 27.9 Å². The molecule has 0 bridgehead atoms. The van der Waals surface area contributed by atoms with E-state index in [2.05, 4.69) is 11.8 Å². The van der Waals surface area contributed by atoms with Crippen LogP contribution in [0.4, 0.5) is 23.2 Å². The van der Waals surface area contributed by atoms with Gasteiger partial charge in [-0.15, -0.1) is 0 Å². The van der Waals surface area contributed by atoms with Crippen molar-refractivity contribution in [3.8, 4) is 5.75 Å². The Morgan fingerprint density at radius 1 is 0.980 bits per heavy atom. The minimum atomic E-state index is -4.55. The number of carbonyl (C=O) groups excluding carboxylic acids is 1. The van der Waals surface area contributed by atoms with Crippen LogP contribution in [0.25, 0.3) is 0 Å². The average Bonchev–Trinajstić information content (AvgIpc) is 3.70. The van der Waals surface area contributed by atoms with Crippen molar-refractivity contribution in [3.63, 3.8) is 0 Å². The standard InChI is InChI=1S/C39H51F4N3O4/c1-5-26-21-45(22-32(26)31-15-10-28(39(41,42)43)20-34(31)44-18-16-37(3,17-19-44)36(48)49)35(47)38(40)24-46(29-11-6-25(2)7-12-29)23-33(38)27-8-13-30(50-4)14-9-27/h8-10,13-15,20,25-26,29,32-33H,5-7,11-12,16-19,21-24H2,1-4H3,(H,48,49)/t25?,26-,29?,32-,33-,38-/m0/s1. The topological polar surface area (TPSA) is 73.3 Å². The molecule has 0 spiro atoms. The number of likely N-dealkylation sites (tertiary alicyclic amines) is 2. The van der Waals surface area contributed by atoms with Crippen molar-refractivity contribution in [3.05, 3.63) is 59.2 Å². The number of carboxylic acid groups (broad SMARTS) is 1. The summed E-state index contributed by atoms with van der Waals surface area (Å²) in [6.45, 7) is 7.51. The number of hydrogen-bond donors (Lipinski definition) is 1. The van der Waals surface area contributed by atoms with Crippen molar-refractivity contribution < 1.29 is 37.0 Å². The quantitative estimate of drug-likeness (QED) is 0.284. The predicted octanol–water partition coefficient (Wildman–Crippen LogP) is 7.74. The number of piperidine rings is 1. The van der Waals surface area contributed by atoms with Crippen molar-refractivity contribution in [1.82, 2.24) is 9.80 Å². The van der Waals surface area contributed by atoms with Gasteiger partial charge in [0.2, 0.25) is 5.67 Å². The maximum absolute atomic E-state index is 17.8. The molecule has 1 N–H and O–H groups in total. The van der Waals surface area contributed by atoms with Crippen LogP contribution in [0.15, 0.2) is 42.5 Å². The lowest BCUT2D eigenvalue weighted by Gasteiger charge is -2.39. The molecule has 4 aliphatic rings. The maximum atomic E-state index is 17.8. The van der Waals surface area contributed by atoms with E-state index in [0.717, 1.165) is 37.3 Å². The Morgan fingerprint density at radius 3 is 2.22 bits per heavy atom. The van der Waals surface area contributed by atoms with Gasteiger partial charge in [-0.25, -0.2) is 4.39 Å². The summed E-state index contributed by atoms with van der Waals surface area (Å²) in [6.07, 6.45) is 0.829. The molecular weight excluding hydrogens is 650 g/mol. The molecule has 0 aromatic heterocycles. The number of methoxy groups -OCH3 is 1. The third-order valence-electron chi connectivity index (χ3n) is 12.5. The molecule has 2 aromatic rings. The first kappa shape index (κ1) is 36.5. The number of hydrogen-bond acceptors (Lipinski definition) is 5. The zero-order chi connectivity index (χ0) is 36.0. The number of nitrogens with zero attached hydrogens (tertiary/aromatic N) is 3. The molecule has 4 atom stereocenters. The second-order valence-electron chi connectivity index (χ2n) is 15.6. The first-order chi connectivity index (χ1) is 23.7. The van der Waals surface area contributed by atoms with Crippen LogP contribution in [0.1, 0.15) is 94.2 Å². The maximum Gasteiger partial charge on any atom is 0.416 e. The van der Waals surface area contributed by atoms with E-state index in [-0.39, 0.29) is 31.0 Å².